The molecule has 1 amide bonds. The number of methoxy groups -OCH3 is 1. The number of hydrogen-bond acceptors (Lipinski definition) is 7. The van der Waals surface area contributed by atoms with Gasteiger partial charge in [0.05, 0.1) is 7.11 Å². The Bertz CT molecular complexity index is 1210. The first-order valence-electron chi connectivity index (χ1n) is 9.31. The van der Waals surface area contributed by atoms with Crippen LogP contribution in [0.3, 0.4) is 0 Å². The van der Waals surface area contributed by atoms with Crippen molar-refractivity contribution in [2.75, 3.05) is 26.5 Å². The van der Waals surface area contributed by atoms with E-state index in [-0.39, 0.29) is 5.91 Å². The number of pyridine rings is 2. The first-order chi connectivity index (χ1) is 14.6. The molecule has 0 saturated heterocycles. The van der Waals surface area contributed by atoms with Crippen LogP contribution in [0.2, 0.25) is 0 Å². The minimum atomic E-state index is -0.230. The second kappa shape index (κ2) is 8.12. The molecule has 0 aliphatic rings. The number of anilines is 1. The number of nitrogens with zero attached hydrogens (tertiary/aromatic N) is 4. The van der Waals surface area contributed by atoms with Crippen molar-refractivity contribution in [3.8, 4) is 28.3 Å². The van der Waals surface area contributed by atoms with Crippen LogP contribution in [0.5, 0.6) is 5.75 Å². The fourth-order valence-corrected chi connectivity index (χ4v) is 3.16. The maximum Gasteiger partial charge on any atom is 0.269 e. The van der Waals surface area contributed by atoms with Crippen molar-refractivity contribution in [2.24, 2.45) is 0 Å². The van der Waals surface area contributed by atoms with E-state index in [0.717, 1.165) is 22.1 Å². The van der Waals surface area contributed by atoms with Crippen molar-refractivity contribution in [3.05, 3.63) is 60.7 Å². The van der Waals surface area contributed by atoms with Crippen LogP contribution in [0.25, 0.3) is 33.4 Å². The summed E-state index contributed by atoms with van der Waals surface area (Å²) in [5.74, 6) is 1.62. The Morgan fingerprint density at radius 1 is 1.00 bits per heavy atom. The SMILES string of the molecule is CNC(=O)c1ccc(-c2cc(OC)c3nc(-c4cccnc4)nc(NC)c3c2)cn1. The highest BCUT2D eigenvalue weighted by Gasteiger charge is 2.15. The molecule has 150 valence electrons. The number of aromatic nitrogens is 4. The summed E-state index contributed by atoms with van der Waals surface area (Å²) in [5, 5.41) is 6.53. The predicted octanol–water partition coefficient (Wildman–Crippen LogP) is 3.16. The number of amides is 1. The van der Waals surface area contributed by atoms with Gasteiger partial charge in [-0.2, -0.15) is 0 Å². The molecule has 0 bridgehead atoms. The Morgan fingerprint density at radius 3 is 2.50 bits per heavy atom. The van der Waals surface area contributed by atoms with E-state index >= 15 is 0 Å². The lowest BCUT2D eigenvalue weighted by Crippen LogP contribution is -2.18. The number of rotatable bonds is 5. The van der Waals surface area contributed by atoms with Crippen molar-refractivity contribution in [1.82, 2.24) is 25.3 Å². The zero-order valence-corrected chi connectivity index (χ0v) is 16.8. The zero-order valence-electron chi connectivity index (χ0n) is 16.8. The van der Waals surface area contributed by atoms with Gasteiger partial charge in [0.1, 0.15) is 22.8 Å². The van der Waals surface area contributed by atoms with Gasteiger partial charge in [-0.05, 0) is 35.9 Å². The fraction of sp³-hybridized carbons (Fsp3) is 0.136. The summed E-state index contributed by atoms with van der Waals surface area (Å²) in [6.07, 6.45) is 5.09. The maximum atomic E-state index is 11.7. The molecule has 3 aromatic heterocycles. The number of nitrogens with one attached hydrogen (secondary N) is 2. The first kappa shape index (κ1) is 19.3. The molecule has 0 unspecified atom stereocenters. The van der Waals surface area contributed by atoms with Crippen LogP contribution < -0.4 is 15.4 Å². The lowest BCUT2D eigenvalue weighted by molar-refractivity contribution is 0.0958. The van der Waals surface area contributed by atoms with Crippen LogP contribution in [0.1, 0.15) is 10.5 Å². The Kier molecular flexibility index (Phi) is 5.21. The van der Waals surface area contributed by atoms with Crippen molar-refractivity contribution in [3.63, 3.8) is 0 Å². The third-order valence-electron chi connectivity index (χ3n) is 4.70. The zero-order chi connectivity index (χ0) is 21.1. The van der Waals surface area contributed by atoms with Gasteiger partial charge in [0, 0.05) is 49.2 Å². The summed E-state index contributed by atoms with van der Waals surface area (Å²) in [7, 11) is 5.00. The van der Waals surface area contributed by atoms with Gasteiger partial charge in [-0.25, -0.2) is 9.97 Å². The van der Waals surface area contributed by atoms with Gasteiger partial charge < -0.3 is 15.4 Å². The molecular weight excluding hydrogens is 380 g/mol. The smallest absolute Gasteiger partial charge is 0.269 e. The fourth-order valence-electron chi connectivity index (χ4n) is 3.16. The van der Waals surface area contributed by atoms with E-state index < -0.39 is 0 Å². The summed E-state index contributed by atoms with van der Waals surface area (Å²) in [6.45, 7) is 0. The molecule has 0 fully saturated rings. The lowest BCUT2D eigenvalue weighted by atomic mass is 10.0. The van der Waals surface area contributed by atoms with E-state index in [0.29, 0.717) is 28.6 Å². The average molecular weight is 400 g/mol. The van der Waals surface area contributed by atoms with Gasteiger partial charge in [0.15, 0.2) is 5.82 Å². The van der Waals surface area contributed by atoms with Crippen LogP contribution in [0.4, 0.5) is 5.82 Å². The molecule has 0 spiro atoms. The molecule has 1 aromatic carbocycles. The summed E-state index contributed by atoms with van der Waals surface area (Å²) >= 11 is 0. The van der Waals surface area contributed by atoms with Gasteiger partial charge in [0.25, 0.3) is 5.91 Å². The van der Waals surface area contributed by atoms with Crippen LogP contribution in [0, 0.1) is 0 Å². The van der Waals surface area contributed by atoms with Crippen LogP contribution in [-0.4, -0.2) is 47.0 Å². The molecule has 2 N–H and O–H groups in total. The highest BCUT2D eigenvalue weighted by molar-refractivity contribution is 5.98. The van der Waals surface area contributed by atoms with Crippen LogP contribution in [-0.2, 0) is 0 Å². The molecule has 8 heteroatoms. The summed E-state index contributed by atoms with van der Waals surface area (Å²) in [6, 6.07) is 11.2. The van der Waals surface area contributed by atoms with Gasteiger partial charge in [0.2, 0.25) is 0 Å². The minimum absolute atomic E-state index is 0.230. The third kappa shape index (κ3) is 3.50. The monoisotopic (exact) mass is 400 g/mol. The van der Waals surface area contributed by atoms with E-state index in [1.165, 1.54) is 0 Å². The molecule has 0 saturated carbocycles. The quantitative estimate of drug-likeness (QED) is 0.530. The van der Waals surface area contributed by atoms with E-state index in [1.54, 1.807) is 38.8 Å². The van der Waals surface area contributed by atoms with E-state index in [9.17, 15) is 4.79 Å². The molecular formula is C22H20N6O2. The Morgan fingerprint density at radius 2 is 1.87 bits per heavy atom. The molecule has 4 rings (SSSR count). The predicted molar refractivity (Wildman–Crippen MR) is 115 cm³/mol. The van der Waals surface area contributed by atoms with Gasteiger partial charge in [-0.15, -0.1) is 0 Å². The molecule has 0 aliphatic carbocycles. The molecule has 0 aliphatic heterocycles. The van der Waals surface area contributed by atoms with E-state index in [2.05, 4.69) is 25.6 Å². The number of carbonyl (C=O) groups is 1. The number of benzene rings is 1. The third-order valence-corrected chi connectivity index (χ3v) is 4.70. The topological polar surface area (TPSA) is 102 Å². The molecule has 0 atom stereocenters. The molecule has 4 aromatic rings. The molecule has 3 heterocycles. The molecule has 0 radical (unpaired) electrons. The Balaban J connectivity index is 1.87. The summed E-state index contributed by atoms with van der Waals surface area (Å²) < 4.78 is 5.64. The summed E-state index contributed by atoms with van der Waals surface area (Å²) in [4.78, 5) is 29.5. The van der Waals surface area contributed by atoms with Crippen molar-refractivity contribution >= 4 is 22.6 Å². The minimum Gasteiger partial charge on any atom is -0.494 e. The number of carbonyl (C=O) groups excluding carboxylic acids is 1. The Labute approximate surface area is 173 Å². The molecule has 8 nitrogen and oxygen atoms in total. The normalized spacial score (nSPS) is 10.6. The van der Waals surface area contributed by atoms with E-state index in [4.69, 9.17) is 9.72 Å². The van der Waals surface area contributed by atoms with Crippen molar-refractivity contribution in [2.45, 2.75) is 0 Å². The summed E-state index contributed by atoms with van der Waals surface area (Å²) in [5.41, 5.74) is 3.59. The second-order valence-corrected chi connectivity index (χ2v) is 6.47. The van der Waals surface area contributed by atoms with Crippen LogP contribution in [0.15, 0.2) is 55.0 Å². The largest absolute Gasteiger partial charge is 0.494 e. The standard InChI is InChI=1S/C22H20N6O2/c1-23-21-16-9-15(13-6-7-17(26-12-13)22(29)24-2)10-18(30-3)19(16)27-20(28-21)14-5-4-8-25-11-14/h4-12H,1-3H3,(H,24,29)(H,23,27,28). The van der Waals surface area contributed by atoms with E-state index in [1.807, 2.05) is 37.4 Å². The number of fused-ring (bicyclic) bond motifs is 1. The lowest BCUT2D eigenvalue weighted by Gasteiger charge is -2.13. The number of ether oxygens (including phenoxy) is 1. The maximum absolute atomic E-state index is 11.7. The van der Waals surface area contributed by atoms with Crippen LogP contribution >= 0.6 is 0 Å². The van der Waals surface area contributed by atoms with Gasteiger partial charge >= 0.3 is 0 Å². The van der Waals surface area contributed by atoms with Crippen molar-refractivity contribution < 1.29 is 9.53 Å². The first-order valence-corrected chi connectivity index (χ1v) is 9.31. The number of hydrogen-bond donors (Lipinski definition) is 2. The second-order valence-electron chi connectivity index (χ2n) is 6.47. The van der Waals surface area contributed by atoms with Crippen molar-refractivity contribution in [1.29, 1.82) is 0 Å². The highest BCUT2D eigenvalue weighted by atomic mass is 16.5. The van der Waals surface area contributed by atoms with Gasteiger partial charge in [-0.3, -0.25) is 14.8 Å². The highest BCUT2D eigenvalue weighted by Crippen LogP contribution is 2.35. The Hall–Kier alpha value is -4.07. The van der Waals surface area contributed by atoms with Gasteiger partial charge in [-0.1, -0.05) is 6.07 Å². The average Bonchev–Trinajstić information content (AvgIpc) is 2.82. The molecule has 30 heavy (non-hydrogen) atoms.